The first-order valence-electron chi connectivity index (χ1n) is 43.0. The van der Waals surface area contributed by atoms with Gasteiger partial charge >= 0.3 is 0 Å². The number of hydrogen-bond donors (Lipinski definition) is 2. The number of fused-ring (bicyclic) bond motifs is 18. The van der Waals surface area contributed by atoms with Crippen molar-refractivity contribution in [2.75, 3.05) is 66.6 Å². The fraction of sp³-hybridized carbons (Fsp3) is 0.458. The Morgan fingerprint density at radius 1 is 0.336 bits per heavy atom. The lowest BCUT2D eigenvalue weighted by molar-refractivity contribution is -0.0505. The van der Waals surface area contributed by atoms with E-state index in [0.717, 1.165) is 188 Å². The summed E-state index contributed by atoms with van der Waals surface area (Å²) >= 11 is 0. The molecular weight excluding hydrogens is 1450 g/mol. The molecule has 0 saturated carbocycles. The van der Waals surface area contributed by atoms with Gasteiger partial charge in [-0.3, -0.25) is 39.5 Å². The zero-order valence-electron chi connectivity index (χ0n) is 67.7. The molecule has 6 aromatic carbocycles. The van der Waals surface area contributed by atoms with E-state index in [2.05, 4.69) is 120 Å². The molecule has 0 amide bonds. The van der Waals surface area contributed by atoms with Crippen LogP contribution in [-0.4, -0.2) is 161 Å². The standard InChI is InChI=1S/2C48H54N6O4/c2*1-4-30-26-53-20-16-32(30)23-43(53)45(35-14-18-49-41-12-10-29(28-55)22-39(35)41)57-47-37-8-6-7-9-38(37)48(52-51-47)58-46(44-24-33-17-21-54(44)27-31(33)5-2)36-15-19-50-42-13-11-34(56-3)25-40(36)42/h2*6-15,18-19,22,25,30-33,43-46,55H,4-5,16-17,20-21,23-24,26-28H2,1-3H3/t30?,31?,32?,33-,43+,44+,45-,46-;30-,31?,32+,33?,43+,44+,45-,46-/m10/s1. The summed E-state index contributed by atoms with van der Waals surface area (Å²) in [7, 11) is 3.42. The Morgan fingerprint density at radius 3 is 0.845 bits per heavy atom. The predicted octanol–water partition coefficient (Wildman–Crippen LogP) is 17.4. The molecule has 20 nitrogen and oxygen atoms in total. The van der Waals surface area contributed by atoms with E-state index in [9.17, 15) is 10.2 Å². The van der Waals surface area contributed by atoms with Crippen LogP contribution in [0.5, 0.6) is 35.0 Å². The van der Waals surface area contributed by atoms with Crippen molar-refractivity contribution in [3.8, 4) is 35.0 Å². The maximum atomic E-state index is 10.1. The lowest BCUT2D eigenvalue weighted by Crippen LogP contribution is -2.56. The molecule has 12 fully saturated rings. The van der Waals surface area contributed by atoms with Crippen LogP contribution >= 0.6 is 0 Å². The zero-order chi connectivity index (χ0) is 78.7. The van der Waals surface area contributed by atoms with Gasteiger partial charge in [0.05, 0.1) is 95.2 Å². The van der Waals surface area contributed by atoms with Crippen LogP contribution in [0.3, 0.4) is 0 Å². The van der Waals surface area contributed by atoms with Crippen LogP contribution < -0.4 is 28.4 Å². The molecule has 20 atom stereocenters. The molecule has 116 heavy (non-hydrogen) atoms. The van der Waals surface area contributed by atoms with Gasteiger partial charge in [0.15, 0.2) is 0 Å². The summed E-state index contributed by atoms with van der Waals surface area (Å²) in [5, 5.41) is 47.5. The maximum absolute atomic E-state index is 10.1. The van der Waals surface area contributed by atoms with Gasteiger partial charge in [-0.15, -0.1) is 20.4 Å². The summed E-state index contributed by atoms with van der Waals surface area (Å²) in [5.74, 6) is 9.04. The average Bonchev–Trinajstić information content (AvgIpc) is 0.765. The largest absolute Gasteiger partial charge is 0.497 e. The quantitative estimate of drug-likeness (QED) is 0.0576. The maximum Gasteiger partial charge on any atom is 0.242 e. The smallest absolute Gasteiger partial charge is 0.242 e. The average molecular weight is 1560 g/mol. The number of aliphatic hydroxyl groups excluding tert-OH is 2. The first-order chi connectivity index (χ1) is 57.1. The van der Waals surface area contributed by atoms with Crippen LogP contribution in [-0.2, 0) is 13.2 Å². The van der Waals surface area contributed by atoms with E-state index in [4.69, 9.17) is 68.8 Å². The molecule has 0 spiro atoms. The molecule has 9 unspecified atom stereocenters. The van der Waals surface area contributed by atoms with Gasteiger partial charge in [-0.2, -0.15) is 0 Å². The van der Waals surface area contributed by atoms with Crippen LogP contribution in [0.25, 0.3) is 65.2 Å². The highest BCUT2D eigenvalue weighted by atomic mass is 16.5. The second-order valence-electron chi connectivity index (χ2n) is 34.3. The topological polar surface area (TPSA) is 212 Å². The molecular formula is C96H108N12O8. The minimum atomic E-state index is -0.326. The van der Waals surface area contributed by atoms with Crippen LogP contribution in [0.1, 0.15) is 163 Å². The molecule has 20 heteroatoms. The van der Waals surface area contributed by atoms with Crippen molar-refractivity contribution < 1.29 is 38.6 Å². The van der Waals surface area contributed by atoms with Gasteiger partial charge in [0.25, 0.3) is 0 Å². The van der Waals surface area contributed by atoms with E-state index in [1.54, 1.807) is 14.2 Å². The molecule has 8 bridgehead atoms. The lowest BCUT2D eigenvalue weighted by Gasteiger charge is -2.52. The number of methoxy groups -OCH3 is 2. The molecule has 6 aromatic heterocycles. The predicted molar refractivity (Wildman–Crippen MR) is 452 cm³/mol. The molecule has 600 valence electrons. The highest BCUT2D eigenvalue weighted by molar-refractivity contribution is 5.93. The normalized spacial score (nSPS) is 27.5. The van der Waals surface area contributed by atoms with E-state index in [-0.39, 0.29) is 61.8 Å². The third-order valence-corrected chi connectivity index (χ3v) is 28.7. The minimum Gasteiger partial charge on any atom is -0.497 e. The molecule has 0 aliphatic carbocycles. The SMILES string of the molecule is CCC1CN2CCC1C[C@@H]2[C@@H](Oc1nnc(O[C@@H](c2ccnc3ccc(CO)cc23)[C@H]2C[C@H]3CCN2C[C@@H]3CC)c2ccccc12)c1ccnc2ccc(OC)cc12.CCC1CN2CCC1C[C@H]2[C@H](Oc1nnc(O[C@H](c2ccnc3ccc(OC)cc23)[C@@H]2C[C@H]3CCN2CC3CC)c2ccccc12)c1ccnc2ccc(CO)cc12. The molecule has 12 saturated heterocycles. The molecule has 12 aliphatic heterocycles. The van der Waals surface area contributed by atoms with E-state index in [0.29, 0.717) is 70.9 Å². The van der Waals surface area contributed by atoms with E-state index < -0.39 is 0 Å². The number of benzene rings is 6. The van der Waals surface area contributed by atoms with Crippen LogP contribution in [0.2, 0.25) is 0 Å². The zero-order valence-corrected chi connectivity index (χ0v) is 67.7. The Morgan fingerprint density at radius 2 is 0.603 bits per heavy atom. The Bertz CT molecular complexity index is 4890. The van der Waals surface area contributed by atoms with Gasteiger partial charge in [0.2, 0.25) is 23.5 Å². The first-order valence-corrected chi connectivity index (χ1v) is 43.0. The Hall–Kier alpha value is -9.80. The second-order valence-corrected chi connectivity index (χ2v) is 34.3. The first kappa shape index (κ1) is 76.2. The second kappa shape index (κ2) is 32.9. The van der Waals surface area contributed by atoms with Gasteiger partial charge in [0, 0.05) is 94.8 Å². The van der Waals surface area contributed by atoms with E-state index in [1.807, 2.05) is 97.6 Å². The van der Waals surface area contributed by atoms with E-state index >= 15 is 0 Å². The lowest BCUT2D eigenvalue weighted by atomic mass is 9.72. The van der Waals surface area contributed by atoms with Crippen LogP contribution in [0, 0.1) is 47.3 Å². The third kappa shape index (κ3) is 14.3. The fourth-order valence-electron chi connectivity index (χ4n) is 22.3. The summed E-state index contributed by atoms with van der Waals surface area (Å²) in [6.07, 6.45) is 20.2. The Kier molecular flexibility index (Phi) is 21.6. The van der Waals surface area contributed by atoms with Crippen molar-refractivity contribution in [3.63, 3.8) is 0 Å². The number of piperidine rings is 12. The molecule has 12 aliphatic rings. The van der Waals surface area contributed by atoms with Crippen molar-refractivity contribution in [1.82, 2.24) is 59.9 Å². The number of rotatable bonds is 24. The van der Waals surface area contributed by atoms with E-state index in [1.165, 1.54) is 51.4 Å². The Balaban J connectivity index is 0.000000155. The van der Waals surface area contributed by atoms with Gasteiger partial charge in [0.1, 0.15) is 35.9 Å². The molecule has 2 N–H and O–H groups in total. The summed E-state index contributed by atoms with van der Waals surface area (Å²) in [6, 6.07) is 49.8. The van der Waals surface area contributed by atoms with Crippen molar-refractivity contribution in [2.24, 2.45) is 47.3 Å². The number of hydrogen-bond acceptors (Lipinski definition) is 20. The van der Waals surface area contributed by atoms with Crippen molar-refractivity contribution in [3.05, 3.63) is 204 Å². The van der Waals surface area contributed by atoms with Gasteiger partial charge in [-0.1, -0.05) is 89.8 Å². The molecule has 12 aromatic rings. The summed E-state index contributed by atoms with van der Waals surface area (Å²) in [6.45, 7) is 17.8. The van der Waals surface area contributed by atoms with Crippen molar-refractivity contribution in [1.29, 1.82) is 0 Å². The minimum absolute atomic E-state index is 0.0362. The summed E-state index contributed by atoms with van der Waals surface area (Å²) < 4.78 is 40.5. The van der Waals surface area contributed by atoms with Crippen molar-refractivity contribution in [2.45, 2.75) is 167 Å². The van der Waals surface area contributed by atoms with Gasteiger partial charge in [-0.25, -0.2) is 0 Å². The monoisotopic (exact) mass is 1560 g/mol. The molecule has 18 heterocycles. The van der Waals surface area contributed by atoms with Gasteiger partial charge in [-0.05, 0) is 245 Å². The number of aromatic nitrogens is 8. The number of nitrogens with zero attached hydrogens (tertiary/aromatic N) is 12. The van der Waals surface area contributed by atoms with Gasteiger partial charge < -0.3 is 38.6 Å². The Labute approximate surface area is 679 Å². The number of pyridine rings is 4. The molecule has 0 radical (unpaired) electrons. The van der Waals surface area contributed by atoms with Crippen LogP contribution in [0.4, 0.5) is 0 Å². The number of aliphatic hydroxyl groups is 2. The third-order valence-electron chi connectivity index (χ3n) is 28.7. The summed E-state index contributed by atoms with van der Waals surface area (Å²) in [5.41, 5.74) is 9.58. The van der Waals surface area contributed by atoms with Crippen LogP contribution in [0.15, 0.2) is 170 Å². The number of ether oxygens (including phenoxy) is 6. The highest BCUT2D eigenvalue weighted by Crippen LogP contribution is 2.52. The van der Waals surface area contributed by atoms with Crippen molar-refractivity contribution >= 4 is 65.2 Å². The fourth-order valence-corrected chi connectivity index (χ4v) is 22.3. The molecule has 24 rings (SSSR count). The highest BCUT2D eigenvalue weighted by Gasteiger charge is 2.50. The summed E-state index contributed by atoms with van der Waals surface area (Å²) in [4.78, 5) is 29.5.